The van der Waals surface area contributed by atoms with E-state index in [2.05, 4.69) is 0 Å². The summed E-state index contributed by atoms with van der Waals surface area (Å²) in [7, 11) is -4.38. The van der Waals surface area contributed by atoms with Gasteiger partial charge in [0.05, 0.1) is 28.8 Å². The summed E-state index contributed by atoms with van der Waals surface area (Å²) in [6.45, 7) is 1.38. The highest BCUT2D eigenvalue weighted by atomic mass is 32.2. The van der Waals surface area contributed by atoms with Gasteiger partial charge in [0.15, 0.2) is 5.60 Å². The van der Waals surface area contributed by atoms with E-state index in [1.54, 1.807) is 0 Å². The molecule has 2 aromatic rings. The molecular formula is C24H27F4NO6S2. The Kier molecular flexibility index (Phi) is 8.35. The number of carbonyl (C=O) groups is 1. The summed E-state index contributed by atoms with van der Waals surface area (Å²) in [5.74, 6) is -1.05. The van der Waals surface area contributed by atoms with Crippen molar-refractivity contribution in [1.29, 1.82) is 0 Å². The van der Waals surface area contributed by atoms with Crippen molar-refractivity contribution in [3.63, 3.8) is 0 Å². The minimum absolute atomic E-state index is 0.00711. The van der Waals surface area contributed by atoms with Crippen LogP contribution in [0.5, 0.6) is 0 Å². The number of aliphatic hydroxyl groups is 3. The number of sulfonamides is 1. The van der Waals surface area contributed by atoms with Crippen molar-refractivity contribution < 1.29 is 46.1 Å². The van der Waals surface area contributed by atoms with Gasteiger partial charge in [-0.25, -0.2) is 12.8 Å². The Labute approximate surface area is 216 Å². The van der Waals surface area contributed by atoms with E-state index in [0.717, 1.165) is 58.5 Å². The molecule has 7 nitrogen and oxygen atoms in total. The van der Waals surface area contributed by atoms with Gasteiger partial charge in [0.1, 0.15) is 11.6 Å². The molecule has 37 heavy (non-hydrogen) atoms. The minimum atomic E-state index is -4.98. The fraction of sp³-hybridized carbons (Fsp3) is 0.458. The van der Waals surface area contributed by atoms with Crippen LogP contribution in [0.15, 0.2) is 52.3 Å². The molecule has 1 heterocycles. The van der Waals surface area contributed by atoms with Crippen LogP contribution in [0.2, 0.25) is 0 Å². The topological polar surface area (TPSA) is 115 Å². The van der Waals surface area contributed by atoms with E-state index in [9.17, 15) is 46.1 Å². The largest absolute Gasteiger partial charge is 0.421 e. The molecule has 0 aliphatic carbocycles. The standard InChI is InChI=1S/C24H27F4NO6S2/c1-22(32,14-30)10-9-18(31)12-17-13-36-21-11-15(23(2,33)24(26,27)28)3-8-20(21)29(17)37(34,35)19-6-4-16(25)5-7-19/h3-8,11,17,30,32-33H,9-10,12-14H2,1-2H3/t17-,22-,23?/m0/s1. The predicted molar refractivity (Wildman–Crippen MR) is 129 cm³/mol. The molecule has 0 saturated carbocycles. The maximum absolute atomic E-state index is 13.6. The van der Waals surface area contributed by atoms with Crippen LogP contribution in [0.1, 0.15) is 38.7 Å². The zero-order valence-corrected chi connectivity index (χ0v) is 21.6. The predicted octanol–water partition coefficient (Wildman–Crippen LogP) is 3.75. The molecule has 3 atom stereocenters. The van der Waals surface area contributed by atoms with Crippen LogP contribution >= 0.6 is 11.8 Å². The third-order valence-electron chi connectivity index (χ3n) is 6.19. The number of anilines is 1. The van der Waals surface area contributed by atoms with E-state index in [0.29, 0.717) is 6.92 Å². The average Bonchev–Trinajstić information content (AvgIpc) is 2.81. The van der Waals surface area contributed by atoms with E-state index < -0.39 is 57.2 Å². The number of benzene rings is 2. The van der Waals surface area contributed by atoms with Crippen LogP contribution in [-0.2, 0) is 20.4 Å². The minimum Gasteiger partial charge on any atom is -0.393 e. The number of halogens is 4. The highest BCUT2D eigenvalue weighted by Crippen LogP contribution is 2.46. The Morgan fingerprint density at radius 1 is 1.11 bits per heavy atom. The third kappa shape index (κ3) is 6.28. The van der Waals surface area contributed by atoms with Crippen molar-refractivity contribution in [3.05, 3.63) is 53.8 Å². The van der Waals surface area contributed by atoms with Gasteiger partial charge in [-0.1, -0.05) is 6.07 Å². The molecule has 3 rings (SSSR count). The molecule has 0 aromatic heterocycles. The Hall–Kier alpha value is -2.19. The summed E-state index contributed by atoms with van der Waals surface area (Å²) >= 11 is 1.04. The smallest absolute Gasteiger partial charge is 0.393 e. The van der Waals surface area contributed by atoms with Crippen LogP contribution in [0.4, 0.5) is 23.2 Å². The van der Waals surface area contributed by atoms with Gasteiger partial charge in [0.2, 0.25) is 0 Å². The third-order valence-corrected chi connectivity index (χ3v) is 9.26. The Bertz CT molecular complexity index is 1250. The van der Waals surface area contributed by atoms with E-state index in [1.165, 1.54) is 6.92 Å². The molecule has 1 aliphatic heterocycles. The molecule has 1 unspecified atom stereocenters. The van der Waals surface area contributed by atoms with Crippen molar-refractivity contribution in [1.82, 2.24) is 0 Å². The van der Waals surface area contributed by atoms with Crippen molar-refractivity contribution in [2.24, 2.45) is 0 Å². The van der Waals surface area contributed by atoms with Gasteiger partial charge in [-0.05, 0) is 62.2 Å². The number of Topliss-reactive ketones (excluding diaryl/α,β-unsaturated/α-hetero) is 1. The first kappa shape index (κ1) is 29.4. The number of rotatable bonds is 9. The van der Waals surface area contributed by atoms with Crippen LogP contribution < -0.4 is 4.31 Å². The lowest BCUT2D eigenvalue weighted by Gasteiger charge is -2.38. The Morgan fingerprint density at radius 2 is 1.73 bits per heavy atom. The van der Waals surface area contributed by atoms with Gasteiger partial charge in [-0.15, -0.1) is 11.8 Å². The Balaban J connectivity index is 2.03. The first-order chi connectivity index (χ1) is 17.0. The highest BCUT2D eigenvalue weighted by Gasteiger charge is 2.51. The summed E-state index contributed by atoms with van der Waals surface area (Å²) in [6, 6.07) is 6.25. The summed E-state index contributed by atoms with van der Waals surface area (Å²) in [5.41, 5.74) is -5.14. The normalized spacial score (nSPS) is 19.6. The monoisotopic (exact) mass is 565 g/mol. The summed E-state index contributed by atoms with van der Waals surface area (Å²) < 4.78 is 81.9. The second kappa shape index (κ2) is 10.5. The molecular weight excluding hydrogens is 538 g/mol. The summed E-state index contributed by atoms with van der Waals surface area (Å²) in [6.07, 6.45) is -5.44. The maximum atomic E-state index is 13.6. The zero-order valence-electron chi connectivity index (χ0n) is 20.0. The molecule has 0 radical (unpaired) electrons. The lowest BCUT2D eigenvalue weighted by atomic mass is 9.95. The van der Waals surface area contributed by atoms with Gasteiger partial charge >= 0.3 is 6.18 Å². The van der Waals surface area contributed by atoms with Crippen molar-refractivity contribution >= 4 is 33.3 Å². The fourth-order valence-corrected chi connectivity index (χ4v) is 6.75. The SMILES string of the molecule is CC(O)(c1ccc2c(c1)SC[C@H](CC(=O)CC[C@](C)(O)CO)N2S(=O)(=O)c1ccc(F)cc1)C(F)(F)F. The molecule has 0 saturated heterocycles. The molecule has 3 N–H and O–H groups in total. The van der Waals surface area contributed by atoms with Crippen LogP contribution in [0.3, 0.4) is 0 Å². The summed E-state index contributed by atoms with van der Waals surface area (Å²) in [5, 5.41) is 29.2. The first-order valence-corrected chi connectivity index (χ1v) is 13.6. The number of alkyl halides is 3. The van der Waals surface area contributed by atoms with Crippen molar-refractivity contribution in [2.75, 3.05) is 16.7 Å². The van der Waals surface area contributed by atoms with Gasteiger partial charge in [0, 0.05) is 23.5 Å². The lowest BCUT2D eigenvalue weighted by molar-refractivity contribution is -0.258. The highest BCUT2D eigenvalue weighted by molar-refractivity contribution is 8.00. The average molecular weight is 566 g/mol. The molecule has 0 amide bonds. The van der Waals surface area contributed by atoms with Crippen LogP contribution in [0.25, 0.3) is 0 Å². The van der Waals surface area contributed by atoms with Crippen molar-refractivity contribution in [2.45, 2.75) is 66.3 Å². The second-order valence-electron chi connectivity index (χ2n) is 9.37. The second-order valence-corrected chi connectivity index (χ2v) is 12.2. The maximum Gasteiger partial charge on any atom is 0.421 e. The van der Waals surface area contributed by atoms with E-state index in [1.807, 2.05) is 0 Å². The fourth-order valence-electron chi connectivity index (χ4n) is 3.77. The number of ketones is 1. The molecule has 2 aromatic carbocycles. The Morgan fingerprint density at radius 3 is 2.30 bits per heavy atom. The number of nitrogens with zero attached hydrogens (tertiary/aromatic N) is 1. The van der Waals surface area contributed by atoms with Gasteiger partial charge in [-0.3, -0.25) is 9.10 Å². The van der Waals surface area contributed by atoms with E-state index in [4.69, 9.17) is 0 Å². The summed E-state index contributed by atoms with van der Waals surface area (Å²) in [4.78, 5) is 12.6. The zero-order chi connectivity index (χ0) is 27.8. The first-order valence-electron chi connectivity index (χ1n) is 11.2. The molecule has 1 aliphatic rings. The number of carbonyl (C=O) groups excluding carboxylic acids is 1. The number of hydrogen-bond acceptors (Lipinski definition) is 7. The van der Waals surface area contributed by atoms with Crippen LogP contribution in [0, 0.1) is 5.82 Å². The van der Waals surface area contributed by atoms with Gasteiger partial charge in [-0.2, -0.15) is 13.2 Å². The van der Waals surface area contributed by atoms with Crippen LogP contribution in [-0.4, -0.2) is 59.7 Å². The lowest BCUT2D eigenvalue weighted by Crippen LogP contribution is -2.46. The molecule has 0 fully saturated rings. The molecule has 0 bridgehead atoms. The van der Waals surface area contributed by atoms with E-state index >= 15 is 0 Å². The van der Waals surface area contributed by atoms with Gasteiger partial charge < -0.3 is 15.3 Å². The molecule has 0 spiro atoms. The number of thioether (sulfide) groups is 1. The number of fused-ring (bicyclic) bond motifs is 1. The van der Waals surface area contributed by atoms with E-state index in [-0.39, 0.29) is 40.5 Å². The van der Waals surface area contributed by atoms with Crippen molar-refractivity contribution in [3.8, 4) is 0 Å². The number of hydrogen-bond donors (Lipinski definition) is 3. The molecule has 13 heteroatoms. The molecule has 204 valence electrons. The quantitative estimate of drug-likeness (QED) is 0.397. The number of aliphatic hydroxyl groups excluding tert-OH is 1. The van der Waals surface area contributed by atoms with Gasteiger partial charge in [0.25, 0.3) is 10.0 Å².